The van der Waals surface area contributed by atoms with E-state index < -0.39 is 11.9 Å². The molecule has 0 aliphatic carbocycles. The number of carboxylic acids is 1. The zero-order chi connectivity index (χ0) is 28.4. The quantitative estimate of drug-likeness (QED) is 0.0883. The Morgan fingerprint density at radius 3 is 1.26 bits per heavy atom. The van der Waals surface area contributed by atoms with Gasteiger partial charge < -0.3 is 9.84 Å². The van der Waals surface area contributed by atoms with Gasteiger partial charge in [-0.2, -0.15) is 0 Å². The van der Waals surface area contributed by atoms with E-state index >= 15 is 0 Å². The van der Waals surface area contributed by atoms with Crippen LogP contribution in [0.2, 0.25) is 0 Å². The van der Waals surface area contributed by atoms with Gasteiger partial charge in [-0.25, -0.2) is 9.59 Å². The fraction of sp³-hybridized carbons (Fsp3) is 0.771. The van der Waals surface area contributed by atoms with Gasteiger partial charge in [0.2, 0.25) is 0 Å². The number of aromatic carboxylic acids is 1. The van der Waals surface area contributed by atoms with Crippen LogP contribution in [0.15, 0.2) is 24.3 Å². The Balaban J connectivity index is 2.28. The van der Waals surface area contributed by atoms with E-state index in [1.54, 1.807) is 18.2 Å². The second-order valence-electron chi connectivity index (χ2n) is 11.5. The van der Waals surface area contributed by atoms with E-state index in [2.05, 4.69) is 13.8 Å². The van der Waals surface area contributed by atoms with E-state index in [-0.39, 0.29) is 17.2 Å². The molecular formula is C35H60O4. The minimum atomic E-state index is -1.09. The Kier molecular flexibility index (Phi) is 22.7. The van der Waals surface area contributed by atoms with E-state index in [1.165, 1.54) is 134 Å². The Morgan fingerprint density at radius 1 is 0.564 bits per heavy atom. The molecule has 0 radical (unpaired) electrons. The van der Waals surface area contributed by atoms with Crippen molar-refractivity contribution in [2.24, 2.45) is 0 Å². The predicted molar refractivity (Wildman–Crippen MR) is 165 cm³/mol. The van der Waals surface area contributed by atoms with Gasteiger partial charge in [0, 0.05) is 0 Å². The molecule has 1 unspecified atom stereocenters. The van der Waals surface area contributed by atoms with Crippen molar-refractivity contribution in [2.75, 3.05) is 0 Å². The molecule has 0 aromatic heterocycles. The van der Waals surface area contributed by atoms with Gasteiger partial charge in [0.05, 0.1) is 11.1 Å². The Hall–Kier alpha value is -1.84. The number of carbonyl (C=O) groups is 2. The summed E-state index contributed by atoms with van der Waals surface area (Å²) in [5, 5.41) is 9.46. The molecule has 0 spiro atoms. The molecule has 1 N–H and O–H groups in total. The van der Waals surface area contributed by atoms with Crippen LogP contribution in [0.5, 0.6) is 0 Å². The lowest BCUT2D eigenvalue weighted by Gasteiger charge is -2.19. The highest BCUT2D eigenvalue weighted by molar-refractivity contribution is 6.02. The molecule has 1 rings (SSSR count). The zero-order valence-corrected chi connectivity index (χ0v) is 25.5. The number of carboxylic acid groups (broad SMARTS) is 1. The van der Waals surface area contributed by atoms with Crippen LogP contribution in [0.3, 0.4) is 0 Å². The van der Waals surface area contributed by atoms with Gasteiger partial charge in [-0.15, -0.1) is 0 Å². The van der Waals surface area contributed by atoms with Crippen LogP contribution in [0.4, 0.5) is 0 Å². The molecule has 0 saturated carbocycles. The number of carbonyl (C=O) groups excluding carboxylic acids is 1. The highest BCUT2D eigenvalue weighted by Crippen LogP contribution is 2.20. The molecule has 0 aliphatic heterocycles. The number of esters is 1. The summed E-state index contributed by atoms with van der Waals surface area (Å²) in [5.74, 6) is -1.59. The van der Waals surface area contributed by atoms with Gasteiger partial charge in [0.25, 0.3) is 0 Å². The van der Waals surface area contributed by atoms with Gasteiger partial charge in [-0.1, -0.05) is 154 Å². The first-order chi connectivity index (χ1) is 19.1. The number of benzene rings is 1. The fourth-order valence-corrected chi connectivity index (χ4v) is 5.40. The SMILES string of the molecule is CCCCCCCCCCCCCCCCCC(CCCCCCCCC)OC(=O)c1ccccc1C(=O)O. The normalized spacial score (nSPS) is 11.9. The predicted octanol–water partition coefficient (Wildman–Crippen LogP) is 11.3. The zero-order valence-electron chi connectivity index (χ0n) is 25.5. The van der Waals surface area contributed by atoms with Crippen LogP contribution in [0.1, 0.15) is 189 Å². The maximum Gasteiger partial charge on any atom is 0.339 e. The van der Waals surface area contributed by atoms with Crippen molar-refractivity contribution in [2.45, 2.75) is 174 Å². The summed E-state index contributed by atoms with van der Waals surface area (Å²) < 4.78 is 5.89. The lowest BCUT2D eigenvalue weighted by Crippen LogP contribution is -2.20. The number of hydrogen-bond donors (Lipinski definition) is 1. The largest absolute Gasteiger partial charge is 0.478 e. The van der Waals surface area contributed by atoms with Crippen LogP contribution in [-0.2, 0) is 4.74 Å². The summed E-state index contributed by atoms with van der Waals surface area (Å²) in [7, 11) is 0. The summed E-state index contributed by atoms with van der Waals surface area (Å²) in [6.07, 6.45) is 30.3. The van der Waals surface area contributed by atoms with Crippen molar-refractivity contribution < 1.29 is 19.4 Å². The molecule has 0 bridgehead atoms. The van der Waals surface area contributed by atoms with Crippen LogP contribution in [0, 0.1) is 0 Å². The van der Waals surface area contributed by atoms with Crippen molar-refractivity contribution in [1.29, 1.82) is 0 Å². The van der Waals surface area contributed by atoms with Crippen LogP contribution >= 0.6 is 0 Å². The van der Waals surface area contributed by atoms with Gasteiger partial charge in [-0.3, -0.25) is 0 Å². The van der Waals surface area contributed by atoms with Gasteiger partial charge >= 0.3 is 11.9 Å². The first-order valence-corrected chi connectivity index (χ1v) is 16.6. The number of hydrogen-bond acceptors (Lipinski definition) is 3. The first-order valence-electron chi connectivity index (χ1n) is 16.6. The van der Waals surface area contributed by atoms with E-state index in [9.17, 15) is 14.7 Å². The molecule has 0 saturated heterocycles. The monoisotopic (exact) mass is 544 g/mol. The van der Waals surface area contributed by atoms with Crippen LogP contribution in [0.25, 0.3) is 0 Å². The van der Waals surface area contributed by atoms with Crippen molar-refractivity contribution in [3.8, 4) is 0 Å². The molecule has 224 valence electrons. The molecule has 0 heterocycles. The molecule has 1 aromatic rings. The Morgan fingerprint density at radius 2 is 0.897 bits per heavy atom. The highest BCUT2D eigenvalue weighted by atomic mass is 16.5. The Bertz CT molecular complexity index is 729. The summed E-state index contributed by atoms with van der Waals surface area (Å²) in [5.41, 5.74) is 0.176. The lowest BCUT2D eigenvalue weighted by atomic mass is 10.0. The molecule has 1 atom stereocenters. The molecule has 0 fully saturated rings. The van der Waals surface area contributed by atoms with Gasteiger partial charge in [0.1, 0.15) is 6.10 Å². The fourth-order valence-electron chi connectivity index (χ4n) is 5.40. The topological polar surface area (TPSA) is 63.6 Å². The van der Waals surface area contributed by atoms with Crippen molar-refractivity contribution in [1.82, 2.24) is 0 Å². The molecule has 1 aromatic carbocycles. The van der Waals surface area contributed by atoms with Crippen LogP contribution in [-0.4, -0.2) is 23.1 Å². The summed E-state index contributed by atoms with van der Waals surface area (Å²) in [6.45, 7) is 4.51. The minimum Gasteiger partial charge on any atom is -0.478 e. The average Bonchev–Trinajstić information content (AvgIpc) is 2.94. The number of ether oxygens (including phenoxy) is 1. The Labute approximate surface area is 240 Å². The second-order valence-corrected chi connectivity index (χ2v) is 11.5. The third-order valence-corrected chi connectivity index (χ3v) is 7.91. The smallest absolute Gasteiger partial charge is 0.339 e. The summed E-state index contributed by atoms with van der Waals surface area (Å²) >= 11 is 0. The minimum absolute atomic E-state index is 0.0177. The van der Waals surface area contributed by atoms with Crippen molar-refractivity contribution in [3.63, 3.8) is 0 Å². The molecule has 0 aliphatic rings. The van der Waals surface area contributed by atoms with E-state index in [0.29, 0.717) is 0 Å². The molecular weight excluding hydrogens is 484 g/mol. The lowest BCUT2D eigenvalue weighted by molar-refractivity contribution is 0.0244. The highest BCUT2D eigenvalue weighted by Gasteiger charge is 2.21. The average molecular weight is 545 g/mol. The molecule has 4 nitrogen and oxygen atoms in total. The maximum absolute atomic E-state index is 12.9. The number of unbranched alkanes of at least 4 members (excludes halogenated alkanes) is 20. The number of rotatable bonds is 27. The second kappa shape index (κ2) is 25.1. The first kappa shape index (κ1) is 35.2. The van der Waals surface area contributed by atoms with Gasteiger partial charge in [-0.05, 0) is 37.8 Å². The van der Waals surface area contributed by atoms with E-state index in [0.717, 1.165) is 25.7 Å². The molecule has 0 amide bonds. The van der Waals surface area contributed by atoms with Crippen molar-refractivity contribution in [3.05, 3.63) is 35.4 Å². The third-order valence-electron chi connectivity index (χ3n) is 7.91. The molecule has 39 heavy (non-hydrogen) atoms. The third kappa shape index (κ3) is 19.0. The van der Waals surface area contributed by atoms with Crippen LogP contribution < -0.4 is 0 Å². The molecule has 4 heteroatoms. The summed E-state index contributed by atoms with van der Waals surface area (Å²) in [4.78, 5) is 24.4. The maximum atomic E-state index is 12.9. The van der Waals surface area contributed by atoms with E-state index in [1.807, 2.05) is 0 Å². The standard InChI is InChI=1S/C35H60O4/c1-3-5-7-9-11-12-13-14-15-16-17-18-20-22-24-28-31(27-23-21-19-10-8-6-4-2)39-35(38)33-30-26-25-29-32(33)34(36)37/h25-26,29-31H,3-24,27-28H2,1-2H3,(H,36,37). The van der Waals surface area contributed by atoms with Crippen molar-refractivity contribution >= 4 is 11.9 Å². The van der Waals surface area contributed by atoms with E-state index in [4.69, 9.17) is 4.74 Å². The van der Waals surface area contributed by atoms with Gasteiger partial charge in [0.15, 0.2) is 0 Å². The summed E-state index contributed by atoms with van der Waals surface area (Å²) in [6, 6.07) is 6.37.